The number of hydrogen-bond acceptors (Lipinski definition) is 39. The first-order chi connectivity index (χ1) is 51.8. The molecule has 0 radical (unpaired) electrons. The van der Waals surface area contributed by atoms with Gasteiger partial charge < -0.3 is 93.1 Å². The van der Waals surface area contributed by atoms with E-state index in [1.54, 1.807) is 57.6 Å². The van der Waals surface area contributed by atoms with Crippen molar-refractivity contribution >= 4 is 149 Å². The number of nitrogen functional groups attached to an aromatic ring is 4. The van der Waals surface area contributed by atoms with Crippen LogP contribution in [0.3, 0.4) is 0 Å². The van der Waals surface area contributed by atoms with E-state index >= 15 is 0 Å². The Labute approximate surface area is 631 Å². The highest BCUT2D eigenvalue weighted by molar-refractivity contribution is 8.13. The predicted molar refractivity (Wildman–Crippen MR) is 395 cm³/mol. The Hall–Kier alpha value is -9.25. The minimum atomic E-state index is -4.02. The topological polar surface area (TPSA) is 643 Å². The fourth-order valence-electron chi connectivity index (χ4n) is 8.48. The number of H-pyrrole nitrogens is 4. The molecule has 0 spiro atoms. The van der Waals surface area contributed by atoms with Gasteiger partial charge >= 0.3 is 40.7 Å². The van der Waals surface area contributed by atoms with Crippen LogP contribution in [0.1, 0.15) is 68.7 Å². The molecule has 1 aliphatic rings. The van der Waals surface area contributed by atoms with E-state index in [1.807, 2.05) is 0 Å². The van der Waals surface area contributed by atoms with E-state index < -0.39 is 94.5 Å². The lowest BCUT2D eigenvalue weighted by atomic mass is 9.98. The summed E-state index contributed by atoms with van der Waals surface area (Å²) >= 11 is 2.10. The minimum absolute atomic E-state index is 0.000111. The molecule has 9 rings (SSSR count). The van der Waals surface area contributed by atoms with Gasteiger partial charge in [-0.15, -0.1) is 0 Å². The molecule has 0 aromatic carbocycles. The maximum Gasteiger partial charge on any atom is 0.361 e. The van der Waals surface area contributed by atoms with E-state index in [1.165, 1.54) is 48.3 Å². The number of esters is 3. The monoisotopic (exact) mass is 1650 g/mol. The molecule has 1 atom stereocenters. The zero-order chi connectivity index (χ0) is 81.2. The number of rotatable bonds is 37. The van der Waals surface area contributed by atoms with Gasteiger partial charge in [-0.2, -0.15) is 19.9 Å². The van der Waals surface area contributed by atoms with Crippen molar-refractivity contribution in [3.05, 3.63) is 78.1 Å². The van der Waals surface area contributed by atoms with Gasteiger partial charge in [0.2, 0.25) is 37.4 Å². The first-order valence-corrected chi connectivity index (χ1v) is 39.8. The number of carbonyl (C=O) groups is 6. The molecule has 0 fully saturated rings. The molecule has 9 heterocycles. The maximum absolute atomic E-state index is 13.1. The van der Waals surface area contributed by atoms with Gasteiger partial charge in [0.25, 0.3) is 22.2 Å². The summed E-state index contributed by atoms with van der Waals surface area (Å²) in [5.41, 5.74) is 21.3. The van der Waals surface area contributed by atoms with Crippen LogP contribution in [0.5, 0.6) is 0 Å². The molecule has 0 aliphatic carbocycles. The smallest absolute Gasteiger partial charge is 0.361 e. The van der Waals surface area contributed by atoms with Crippen molar-refractivity contribution in [1.82, 2.24) is 78.1 Å². The highest BCUT2D eigenvalue weighted by atomic mass is 32.2. The lowest BCUT2D eigenvalue weighted by molar-refractivity contribution is -0.162. The van der Waals surface area contributed by atoms with Crippen LogP contribution < -0.4 is 45.2 Å². The predicted octanol–water partition coefficient (Wildman–Crippen LogP) is 2.47. The number of carbonyl (C=O) groups excluding carboxylic acids is 6. The van der Waals surface area contributed by atoms with Crippen molar-refractivity contribution in [1.29, 1.82) is 0 Å². The fourth-order valence-corrected chi connectivity index (χ4v) is 12.7. The number of imidazole rings is 4. The van der Waals surface area contributed by atoms with E-state index in [4.69, 9.17) is 78.7 Å². The molecule has 13 N–H and O–H groups in total. The summed E-state index contributed by atoms with van der Waals surface area (Å²) in [6.07, 6.45) is 5.13. The molecule has 0 bridgehead atoms. The number of fused-ring (bicyclic) bond motifs is 4. The first kappa shape index (κ1) is 89.6. The number of nitrogens with two attached hydrogens (primary N) is 4. The molecule has 8 aromatic rings. The van der Waals surface area contributed by atoms with Crippen molar-refractivity contribution in [3.8, 4) is 0 Å². The Kier molecular flexibility index (Phi) is 34.0. The SMILES string of the molecule is CC(=O)SCCOP(=O)(COCCn1cnc2c(=O)[nH]c(N)nc21)OCCSC(C)=O.CC(C)(C)C(=O)OCOP(=O)(COCCn1cnc2c(=O)[nH]c(N)nc21)OCOC(=O)C(C)(C)C.CC1=C(COP(=O)(O)COCCn2cnc3c(=O)[nH]c(N)nc32)OC(=O)C1.Nc1nc2c(ncn2CCOCC=O)c(=O)[nH]1. The van der Waals surface area contributed by atoms with Crippen molar-refractivity contribution in [2.75, 3.05) is 120 Å². The van der Waals surface area contributed by atoms with Crippen LogP contribution in [0.2, 0.25) is 0 Å². The third-order valence-corrected chi connectivity index (χ3v) is 19.5. The largest absolute Gasteiger partial charge is 0.438 e. The molecule has 0 saturated carbocycles. The van der Waals surface area contributed by atoms with Crippen LogP contribution in [0.4, 0.5) is 23.8 Å². The zero-order valence-corrected chi connectivity index (χ0v) is 65.3. The summed E-state index contributed by atoms with van der Waals surface area (Å²) in [5.74, 6) is -0.760. The third kappa shape index (κ3) is 28.9. The van der Waals surface area contributed by atoms with Gasteiger partial charge in [-0.1, -0.05) is 23.5 Å². The number of anilines is 4. The second-order valence-corrected chi connectivity index (χ2v) is 33.1. The Balaban J connectivity index is 0.000000235. The molecule has 604 valence electrons. The minimum Gasteiger partial charge on any atom is -0.438 e. The van der Waals surface area contributed by atoms with Crippen LogP contribution in [0.25, 0.3) is 44.7 Å². The van der Waals surface area contributed by atoms with E-state index in [9.17, 15) is 66.5 Å². The summed E-state index contributed by atoms with van der Waals surface area (Å²) in [7, 11) is -11.6. The van der Waals surface area contributed by atoms with Gasteiger partial charge in [0.1, 0.15) is 44.3 Å². The quantitative estimate of drug-likeness (QED) is 0.00674. The molecule has 0 saturated heterocycles. The van der Waals surface area contributed by atoms with E-state index in [0.717, 1.165) is 23.5 Å². The molecular formula is C59H85N20O26P3S2. The second kappa shape index (κ2) is 41.7. The van der Waals surface area contributed by atoms with Crippen molar-refractivity contribution in [2.24, 2.45) is 10.8 Å². The molecule has 0 amide bonds. The van der Waals surface area contributed by atoms with Crippen molar-refractivity contribution in [3.63, 3.8) is 0 Å². The summed E-state index contributed by atoms with van der Waals surface area (Å²) in [6.45, 7) is 14.6. The molecule has 46 nitrogen and oxygen atoms in total. The highest BCUT2D eigenvalue weighted by Crippen LogP contribution is 2.49. The number of nitrogens with one attached hydrogen (secondary N) is 4. The van der Waals surface area contributed by atoms with Crippen LogP contribution in [-0.4, -0.2) is 214 Å². The van der Waals surface area contributed by atoms with Gasteiger partial charge in [0, 0.05) is 51.5 Å². The summed E-state index contributed by atoms with van der Waals surface area (Å²) in [5, 5.41) is -0.150. The standard InChI is InChI=1S/C20H32N5O9P.C16H24N5O7PS2.C14H18N5O7P.C9H11N5O3/c1-19(2,3)16(27)31-10-33-35(29,34-11-32-17(28)20(4,5)6)12-30-8-7-25-9-22-13-14(25)23-18(21)24-15(13)26;1-11(22)30-7-5-27-29(25,28-6-8-31-12(2)23)10-26-4-3-21-9-18-13-14(21)19-16(17)20-15(13)24;1-8-4-10(20)26-9(8)5-25-27(22,23)7-24-3-2-19-6-16-11-12(19)17-14(15)18-13(11)21;10-9-12-7-6(8(16)13-9)11-5-14(7)1-3-17-4-2-15/h9H,7-8,10-12H2,1-6H3,(H3,21,23,24,26);9H,3-8,10H2,1-2H3,(H3,17,19,20,24);6H,2-5,7H2,1H3,(H,22,23)(H3,15,17,18,21);2,5H,1,3-4H2,(H3,10,12,13,16). The van der Waals surface area contributed by atoms with Crippen LogP contribution in [-0.2, 0) is 124 Å². The van der Waals surface area contributed by atoms with Crippen LogP contribution in [0.15, 0.2) is 55.8 Å². The van der Waals surface area contributed by atoms with Crippen molar-refractivity contribution < 1.29 is 103 Å². The Bertz CT molecular complexity index is 4900. The van der Waals surface area contributed by atoms with Gasteiger partial charge in [-0.25, -0.2) is 19.9 Å². The van der Waals surface area contributed by atoms with Crippen LogP contribution in [0, 0.1) is 10.8 Å². The number of ether oxygens (including phenoxy) is 7. The number of aromatic amines is 4. The zero-order valence-electron chi connectivity index (χ0n) is 61.0. The van der Waals surface area contributed by atoms with Crippen molar-refractivity contribution in [2.45, 2.75) is 94.9 Å². The van der Waals surface area contributed by atoms with E-state index in [0.29, 0.717) is 47.8 Å². The lowest BCUT2D eigenvalue weighted by Crippen LogP contribution is -2.25. The van der Waals surface area contributed by atoms with E-state index in [-0.39, 0.29) is 157 Å². The number of aldehydes is 1. The fraction of sp³-hybridized carbons (Fsp3) is 0.525. The Morgan fingerprint density at radius 1 is 0.527 bits per heavy atom. The molecule has 51 heteroatoms. The van der Waals surface area contributed by atoms with Crippen LogP contribution >= 0.6 is 46.3 Å². The van der Waals surface area contributed by atoms with Gasteiger partial charge in [-0.05, 0) is 54.0 Å². The highest BCUT2D eigenvalue weighted by Gasteiger charge is 2.32. The molecule has 8 aromatic heterocycles. The summed E-state index contributed by atoms with van der Waals surface area (Å²) in [4.78, 5) is 165. The molecule has 1 unspecified atom stereocenters. The number of aromatic nitrogens is 16. The Morgan fingerprint density at radius 2 is 0.855 bits per heavy atom. The Morgan fingerprint density at radius 3 is 1.16 bits per heavy atom. The summed E-state index contributed by atoms with van der Waals surface area (Å²) < 4.78 is 106. The second-order valence-electron chi connectivity index (χ2n) is 24.8. The molecule has 110 heavy (non-hydrogen) atoms. The number of thioether (sulfide) groups is 2. The van der Waals surface area contributed by atoms with Gasteiger partial charge in [0.05, 0.1) is 82.2 Å². The molecular weight excluding hydrogens is 1560 g/mol. The third-order valence-electron chi connectivity index (χ3n) is 13.8. The van der Waals surface area contributed by atoms with E-state index in [2.05, 4.69) is 59.8 Å². The number of hydrogen-bond donors (Lipinski definition) is 9. The normalized spacial score (nSPS) is 13.1. The van der Waals surface area contributed by atoms with Gasteiger partial charge in [0.15, 0.2) is 54.9 Å². The maximum atomic E-state index is 13.1. The molecule has 1 aliphatic heterocycles. The number of nitrogens with zero attached hydrogens (tertiary/aromatic N) is 12. The first-order valence-electron chi connectivity index (χ1n) is 32.6. The number of cyclic esters (lactones) is 1. The van der Waals surface area contributed by atoms with Gasteiger partial charge in [-0.3, -0.25) is 90.4 Å². The average molecular weight is 1650 g/mol. The lowest BCUT2D eigenvalue weighted by Gasteiger charge is -2.22. The summed E-state index contributed by atoms with van der Waals surface area (Å²) in [6, 6.07) is 0. The average Bonchev–Trinajstić information content (AvgIpc) is 1.69.